The van der Waals surface area contributed by atoms with Crippen LogP contribution in [0.5, 0.6) is 0 Å². The van der Waals surface area contributed by atoms with Gasteiger partial charge in [-0.3, -0.25) is 4.79 Å². The Hall–Kier alpha value is -2.84. The molecule has 3 amide bonds. The van der Waals surface area contributed by atoms with Gasteiger partial charge in [-0.05, 0) is 48.4 Å². The minimum atomic E-state index is -0.618. The third-order valence-corrected chi connectivity index (χ3v) is 6.64. The van der Waals surface area contributed by atoms with E-state index in [-0.39, 0.29) is 18.0 Å². The zero-order valence-electron chi connectivity index (χ0n) is 18.2. The fourth-order valence-corrected chi connectivity index (χ4v) is 4.45. The van der Waals surface area contributed by atoms with Crippen LogP contribution in [-0.2, 0) is 16.0 Å². The third kappa shape index (κ3) is 4.66. The number of amides is 3. The average Bonchev–Trinajstić information content (AvgIpc) is 3.23. The summed E-state index contributed by atoms with van der Waals surface area (Å²) in [5, 5.41) is 5.87. The van der Waals surface area contributed by atoms with E-state index in [0.29, 0.717) is 18.7 Å². The number of hydrogen-bond donors (Lipinski definition) is 2. The van der Waals surface area contributed by atoms with Crippen molar-refractivity contribution in [3.8, 4) is 0 Å². The van der Waals surface area contributed by atoms with Crippen molar-refractivity contribution in [3.05, 3.63) is 64.6 Å². The Balaban J connectivity index is 1.48. The van der Waals surface area contributed by atoms with Crippen molar-refractivity contribution < 1.29 is 14.3 Å². The molecule has 0 saturated carbocycles. The number of carbonyl (C=O) groups excluding carboxylic acids is 2. The van der Waals surface area contributed by atoms with Gasteiger partial charge in [0.15, 0.2) is 0 Å². The maximum Gasteiger partial charge on any atom is 0.322 e. The van der Waals surface area contributed by atoms with E-state index in [1.165, 1.54) is 0 Å². The molecule has 168 valence electrons. The molecule has 2 aromatic carbocycles. The van der Waals surface area contributed by atoms with Gasteiger partial charge in [0.2, 0.25) is 5.91 Å². The standard InChI is InChI=1S/C24H27BrN4O3/c1-15-21-9-8-19(12-16(21)10-11-28(15)2)26-23(30)22-13-20(32-3)14-29(22)24(31)27-18-6-4-17(25)5-7-18/h4-9,12,20,22H,1,10-11,13-14H2,2-3H3,(H,26,30)(H,27,31)/t20-,22-/m1/s1. The molecule has 4 rings (SSSR count). The summed E-state index contributed by atoms with van der Waals surface area (Å²) < 4.78 is 6.39. The third-order valence-electron chi connectivity index (χ3n) is 6.12. The number of halogens is 1. The predicted molar refractivity (Wildman–Crippen MR) is 130 cm³/mol. The topological polar surface area (TPSA) is 73.9 Å². The molecular formula is C24H27BrN4O3. The van der Waals surface area contributed by atoms with Crippen LogP contribution in [0.3, 0.4) is 0 Å². The van der Waals surface area contributed by atoms with E-state index < -0.39 is 6.04 Å². The number of hydrogen-bond acceptors (Lipinski definition) is 4. The molecule has 0 spiro atoms. The summed E-state index contributed by atoms with van der Waals surface area (Å²) in [5.74, 6) is -0.220. The van der Waals surface area contributed by atoms with Crippen molar-refractivity contribution in [3.63, 3.8) is 0 Å². The van der Waals surface area contributed by atoms with Gasteiger partial charge in [0, 0.05) is 60.8 Å². The number of nitrogens with zero attached hydrogens (tertiary/aromatic N) is 2. The number of ether oxygens (including phenoxy) is 1. The van der Waals surface area contributed by atoms with Crippen LogP contribution in [0.2, 0.25) is 0 Å². The fourth-order valence-electron chi connectivity index (χ4n) is 4.18. The highest BCUT2D eigenvalue weighted by Crippen LogP contribution is 2.29. The molecule has 0 radical (unpaired) electrons. The summed E-state index contributed by atoms with van der Waals surface area (Å²) >= 11 is 3.38. The normalized spacial score (nSPS) is 20.2. The molecule has 0 unspecified atom stereocenters. The van der Waals surface area contributed by atoms with Crippen LogP contribution in [0.15, 0.2) is 53.5 Å². The SMILES string of the molecule is C=C1c2ccc(NC(=O)[C@H]3C[C@@H](OC)CN3C(=O)Nc3ccc(Br)cc3)cc2CCN1C. The first-order chi connectivity index (χ1) is 15.4. The highest BCUT2D eigenvalue weighted by Gasteiger charge is 2.40. The molecule has 0 aromatic heterocycles. The summed E-state index contributed by atoms with van der Waals surface area (Å²) in [4.78, 5) is 29.8. The summed E-state index contributed by atoms with van der Waals surface area (Å²) in [6.07, 6.45) is 1.15. The molecule has 1 fully saturated rings. The monoisotopic (exact) mass is 498 g/mol. The van der Waals surface area contributed by atoms with Crippen molar-refractivity contribution in [2.75, 3.05) is 37.9 Å². The first kappa shape index (κ1) is 22.4. The molecule has 0 bridgehead atoms. The quantitative estimate of drug-likeness (QED) is 0.663. The van der Waals surface area contributed by atoms with Gasteiger partial charge >= 0.3 is 6.03 Å². The maximum atomic E-state index is 13.2. The summed E-state index contributed by atoms with van der Waals surface area (Å²) in [5.41, 5.74) is 4.64. The zero-order chi connectivity index (χ0) is 22.8. The van der Waals surface area contributed by atoms with Gasteiger partial charge in [-0.25, -0.2) is 4.79 Å². The maximum absolute atomic E-state index is 13.2. The molecule has 2 atom stereocenters. The molecule has 7 nitrogen and oxygen atoms in total. The second-order valence-corrected chi connectivity index (χ2v) is 9.09. The highest BCUT2D eigenvalue weighted by atomic mass is 79.9. The van der Waals surface area contributed by atoms with Crippen LogP contribution in [0.4, 0.5) is 16.2 Å². The van der Waals surface area contributed by atoms with Gasteiger partial charge in [0.1, 0.15) is 6.04 Å². The average molecular weight is 499 g/mol. The second kappa shape index (κ2) is 9.34. The molecule has 32 heavy (non-hydrogen) atoms. The first-order valence-corrected chi connectivity index (χ1v) is 11.3. The molecule has 0 aliphatic carbocycles. The molecule has 8 heteroatoms. The zero-order valence-corrected chi connectivity index (χ0v) is 19.8. The Morgan fingerprint density at radius 1 is 1.12 bits per heavy atom. The molecule has 2 heterocycles. The number of anilines is 2. The number of urea groups is 1. The van der Waals surface area contributed by atoms with Crippen LogP contribution in [-0.4, -0.2) is 61.1 Å². The molecule has 2 aliphatic rings. The van der Waals surface area contributed by atoms with Crippen LogP contribution in [0.1, 0.15) is 17.5 Å². The summed E-state index contributed by atoms with van der Waals surface area (Å²) in [6.45, 7) is 5.40. The van der Waals surface area contributed by atoms with Gasteiger partial charge in [-0.15, -0.1) is 0 Å². The largest absolute Gasteiger partial charge is 0.380 e. The van der Waals surface area contributed by atoms with Gasteiger partial charge in [-0.2, -0.15) is 0 Å². The Morgan fingerprint density at radius 2 is 1.84 bits per heavy atom. The number of fused-ring (bicyclic) bond motifs is 1. The minimum Gasteiger partial charge on any atom is -0.380 e. The molecule has 2 aromatic rings. The Kier molecular flexibility index (Phi) is 6.53. The van der Waals surface area contributed by atoms with E-state index in [9.17, 15) is 9.59 Å². The number of rotatable bonds is 4. The van der Waals surface area contributed by atoms with Crippen molar-refractivity contribution >= 4 is 44.9 Å². The Morgan fingerprint density at radius 3 is 2.56 bits per heavy atom. The lowest BCUT2D eigenvalue weighted by Crippen LogP contribution is -2.45. The second-order valence-electron chi connectivity index (χ2n) is 8.18. The minimum absolute atomic E-state index is 0.191. The number of benzene rings is 2. The van der Waals surface area contributed by atoms with Crippen molar-refractivity contribution in [2.45, 2.75) is 25.0 Å². The first-order valence-electron chi connectivity index (χ1n) is 10.6. The molecule has 2 N–H and O–H groups in total. The molecule has 2 aliphatic heterocycles. The van der Waals surface area contributed by atoms with E-state index in [0.717, 1.165) is 39.9 Å². The van der Waals surface area contributed by atoms with Crippen LogP contribution in [0.25, 0.3) is 5.70 Å². The summed E-state index contributed by atoms with van der Waals surface area (Å²) in [6, 6.07) is 12.3. The summed E-state index contributed by atoms with van der Waals surface area (Å²) in [7, 11) is 3.63. The number of methoxy groups -OCH3 is 1. The van der Waals surface area contributed by atoms with E-state index in [1.807, 2.05) is 37.4 Å². The number of nitrogens with one attached hydrogen (secondary N) is 2. The number of carbonyl (C=O) groups is 2. The van der Waals surface area contributed by atoms with Crippen LogP contribution >= 0.6 is 15.9 Å². The van der Waals surface area contributed by atoms with E-state index in [1.54, 1.807) is 24.1 Å². The van der Waals surface area contributed by atoms with E-state index >= 15 is 0 Å². The lowest BCUT2D eigenvalue weighted by atomic mass is 9.97. The Bertz CT molecular complexity index is 1040. The van der Waals surface area contributed by atoms with E-state index in [2.05, 4.69) is 38.0 Å². The highest BCUT2D eigenvalue weighted by molar-refractivity contribution is 9.10. The van der Waals surface area contributed by atoms with Crippen LogP contribution in [0, 0.1) is 0 Å². The lowest BCUT2D eigenvalue weighted by Gasteiger charge is -2.29. The van der Waals surface area contributed by atoms with Crippen molar-refractivity contribution in [1.82, 2.24) is 9.80 Å². The van der Waals surface area contributed by atoms with Crippen molar-refractivity contribution in [1.29, 1.82) is 0 Å². The predicted octanol–water partition coefficient (Wildman–Crippen LogP) is 4.17. The molecular weight excluding hydrogens is 472 g/mol. The Labute approximate surface area is 196 Å². The van der Waals surface area contributed by atoms with Gasteiger partial charge in [-0.1, -0.05) is 28.6 Å². The lowest BCUT2D eigenvalue weighted by molar-refractivity contribution is -0.119. The van der Waals surface area contributed by atoms with Crippen LogP contribution < -0.4 is 10.6 Å². The van der Waals surface area contributed by atoms with Gasteiger partial charge in [0.05, 0.1) is 6.10 Å². The smallest absolute Gasteiger partial charge is 0.322 e. The number of likely N-dealkylation sites (tertiary alicyclic amines) is 1. The van der Waals surface area contributed by atoms with E-state index in [4.69, 9.17) is 4.74 Å². The van der Waals surface area contributed by atoms with Crippen molar-refractivity contribution in [2.24, 2.45) is 0 Å². The number of likely N-dealkylation sites (N-methyl/N-ethyl adjacent to an activating group) is 1. The fraction of sp³-hybridized carbons (Fsp3) is 0.333. The molecule has 1 saturated heterocycles. The van der Waals surface area contributed by atoms with Gasteiger partial charge in [0.25, 0.3) is 0 Å². The van der Waals surface area contributed by atoms with Gasteiger partial charge < -0.3 is 25.2 Å².